The van der Waals surface area contributed by atoms with Gasteiger partial charge in [0.1, 0.15) is 0 Å². The third-order valence-electron chi connectivity index (χ3n) is 2.73. The molecular weight excluding hydrogens is 245 g/mol. The fourth-order valence-corrected chi connectivity index (χ4v) is 2.39. The van der Waals surface area contributed by atoms with Crippen LogP contribution in [0.25, 0.3) is 0 Å². The summed E-state index contributed by atoms with van der Waals surface area (Å²) in [6.07, 6.45) is 0.305. The molecule has 1 aromatic carbocycles. The lowest BCUT2D eigenvalue weighted by Gasteiger charge is -2.31. The maximum Gasteiger partial charge on any atom is 0.0674 e. The smallest absolute Gasteiger partial charge is 0.0674 e. The zero-order valence-electron chi connectivity index (χ0n) is 9.25. The van der Waals surface area contributed by atoms with Gasteiger partial charge in [0.2, 0.25) is 0 Å². The molecule has 1 aromatic rings. The van der Waals surface area contributed by atoms with E-state index in [1.807, 2.05) is 12.1 Å². The Morgan fingerprint density at radius 1 is 1.44 bits per heavy atom. The van der Waals surface area contributed by atoms with Crippen LogP contribution in [-0.2, 0) is 11.3 Å². The second-order valence-corrected chi connectivity index (χ2v) is 5.00. The summed E-state index contributed by atoms with van der Waals surface area (Å²) in [6.45, 7) is 5.67. The number of morpholine rings is 1. The van der Waals surface area contributed by atoms with E-state index in [1.165, 1.54) is 0 Å². The van der Waals surface area contributed by atoms with Gasteiger partial charge in [-0.15, -0.1) is 0 Å². The zero-order valence-corrected chi connectivity index (χ0v) is 10.8. The lowest BCUT2D eigenvalue weighted by Crippen LogP contribution is -2.40. The molecule has 1 heterocycles. The molecule has 2 nitrogen and oxygen atoms in total. The second kappa shape index (κ2) is 5.37. The molecule has 1 aliphatic heterocycles. The highest BCUT2D eigenvalue weighted by Crippen LogP contribution is 2.22. The first kappa shape index (κ1) is 12.2. The number of hydrogen-bond donors (Lipinski definition) is 0. The Kier molecular flexibility index (Phi) is 4.09. The Hall–Kier alpha value is -0.280. The van der Waals surface area contributed by atoms with Gasteiger partial charge in [-0.2, -0.15) is 0 Å². The molecule has 0 aliphatic carbocycles. The summed E-state index contributed by atoms with van der Waals surface area (Å²) >= 11 is 12.0. The Morgan fingerprint density at radius 3 is 2.94 bits per heavy atom. The number of halogens is 2. The molecular formula is C12H15Cl2NO. The van der Waals surface area contributed by atoms with Gasteiger partial charge in [0, 0.05) is 29.7 Å². The quantitative estimate of drug-likeness (QED) is 0.809. The van der Waals surface area contributed by atoms with Crippen molar-refractivity contribution >= 4 is 23.2 Å². The van der Waals surface area contributed by atoms with Crippen molar-refractivity contribution < 1.29 is 4.74 Å². The highest BCUT2D eigenvalue weighted by Gasteiger charge is 2.17. The van der Waals surface area contributed by atoms with Crippen LogP contribution < -0.4 is 0 Å². The number of ether oxygens (including phenoxy) is 1. The highest BCUT2D eigenvalue weighted by atomic mass is 35.5. The molecule has 1 fully saturated rings. The molecule has 1 unspecified atom stereocenters. The van der Waals surface area contributed by atoms with Crippen molar-refractivity contribution in [1.29, 1.82) is 0 Å². The standard InChI is InChI=1S/C12H15Cl2NO/c1-9-7-15(4-5-16-9)8-10-2-3-11(13)6-12(10)14/h2-3,6,9H,4-5,7-8H2,1H3. The van der Waals surface area contributed by atoms with Crippen LogP contribution in [-0.4, -0.2) is 30.7 Å². The van der Waals surface area contributed by atoms with Crippen LogP contribution in [0, 0.1) is 0 Å². The van der Waals surface area contributed by atoms with Gasteiger partial charge in [-0.05, 0) is 24.6 Å². The summed E-state index contributed by atoms with van der Waals surface area (Å²) in [6, 6.07) is 5.67. The van der Waals surface area contributed by atoms with Crippen molar-refractivity contribution in [2.45, 2.75) is 19.6 Å². The van der Waals surface area contributed by atoms with Crippen molar-refractivity contribution in [1.82, 2.24) is 4.90 Å². The lowest BCUT2D eigenvalue weighted by molar-refractivity contribution is -0.0212. The summed E-state index contributed by atoms with van der Waals surface area (Å²) in [4.78, 5) is 2.35. The van der Waals surface area contributed by atoms with E-state index in [0.29, 0.717) is 11.1 Å². The van der Waals surface area contributed by atoms with Crippen LogP contribution in [0.4, 0.5) is 0 Å². The van der Waals surface area contributed by atoms with Crippen LogP contribution >= 0.6 is 23.2 Å². The summed E-state index contributed by atoms with van der Waals surface area (Å²) < 4.78 is 5.50. The molecule has 0 aromatic heterocycles. The lowest BCUT2D eigenvalue weighted by atomic mass is 10.2. The van der Waals surface area contributed by atoms with Crippen LogP contribution in [0.1, 0.15) is 12.5 Å². The Balaban J connectivity index is 2.02. The molecule has 88 valence electrons. The first-order chi connectivity index (χ1) is 7.65. The summed E-state index contributed by atoms with van der Waals surface area (Å²) in [5.41, 5.74) is 1.13. The van der Waals surface area contributed by atoms with Crippen molar-refractivity contribution in [3.05, 3.63) is 33.8 Å². The van der Waals surface area contributed by atoms with Crippen LogP contribution in [0.2, 0.25) is 10.0 Å². The van der Waals surface area contributed by atoms with E-state index in [9.17, 15) is 0 Å². The van der Waals surface area contributed by atoms with E-state index in [4.69, 9.17) is 27.9 Å². The topological polar surface area (TPSA) is 12.5 Å². The molecule has 4 heteroatoms. The fraction of sp³-hybridized carbons (Fsp3) is 0.500. The molecule has 1 saturated heterocycles. The number of benzene rings is 1. The average Bonchev–Trinajstić information content (AvgIpc) is 2.22. The fourth-order valence-electron chi connectivity index (χ4n) is 1.93. The Morgan fingerprint density at radius 2 is 2.25 bits per heavy atom. The Labute approximate surface area is 106 Å². The van der Waals surface area contributed by atoms with E-state index in [0.717, 1.165) is 36.8 Å². The molecule has 0 spiro atoms. The van der Waals surface area contributed by atoms with Gasteiger partial charge in [0.05, 0.1) is 12.7 Å². The van der Waals surface area contributed by atoms with Crippen molar-refractivity contribution in [2.24, 2.45) is 0 Å². The van der Waals surface area contributed by atoms with Crippen molar-refractivity contribution in [3.8, 4) is 0 Å². The second-order valence-electron chi connectivity index (χ2n) is 4.15. The van der Waals surface area contributed by atoms with E-state index < -0.39 is 0 Å². The minimum atomic E-state index is 0.305. The van der Waals surface area contributed by atoms with E-state index in [1.54, 1.807) is 6.07 Å². The van der Waals surface area contributed by atoms with Gasteiger partial charge < -0.3 is 4.74 Å². The maximum absolute atomic E-state index is 6.14. The zero-order chi connectivity index (χ0) is 11.5. The molecule has 0 amide bonds. The SMILES string of the molecule is CC1CN(Cc2ccc(Cl)cc2Cl)CCO1. The largest absolute Gasteiger partial charge is 0.376 e. The molecule has 2 rings (SSSR count). The first-order valence-corrected chi connectivity index (χ1v) is 6.18. The molecule has 16 heavy (non-hydrogen) atoms. The van der Waals surface area contributed by atoms with Gasteiger partial charge in [-0.1, -0.05) is 29.3 Å². The summed E-state index contributed by atoms with van der Waals surface area (Å²) in [5.74, 6) is 0. The average molecular weight is 260 g/mol. The number of nitrogens with zero attached hydrogens (tertiary/aromatic N) is 1. The number of rotatable bonds is 2. The molecule has 0 N–H and O–H groups in total. The minimum absolute atomic E-state index is 0.305. The van der Waals surface area contributed by atoms with Gasteiger partial charge in [0.25, 0.3) is 0 Å². The van der Waals surface area contributed by atoms with E-state index in [-0.39, 0.29) is 0 Å². The third kappa shape index (κ3) is 3.11. The normalized spacial score (nSPS) is 22.3. The van der Waals surface area contributed by atoms with Gasteiger partial charge in [0.15, 0.2) is 0 Å². The van der Waals surface area contributed by atoms with E-state index in [2.05, 4.69) is 11.8 Å². The van der Waals surface area contributed by atoms with Gasteiger partial charge in [-0.3, -0.25) is 4.90 Å². The van der Waals surface area contributed by atoms with Crippen molar-refractivity contribution in [3.63, 3.8) is 0 Å². The van der Waals surface area contributed by atoms with Crippen molar-refractivity contribution in [2.75, 3.05) is 19.7 Å². The predicted molar refractivity (Wildman–Crippen MR) is 67.2 cm³/mol. The van der Waals surface area contributed by atoms with Crippen LogP contribution in [0.15, 0.2) is 18.2 Å². The first-order valence-electron chi connectivity index (χ1n) is 5.43. The van der Waals surface area contributed by atoms with Gasteiger partial charge >= 0.3 is 0 Å². The summed E-state index contributed by atoms with van der Waals surface area (Å²) in [7, 11) is 0. The molecule has 0 bridgehead atoms. The molecule has 1 atom stereocenters. The highest BCUT2D eigenvalue weighted by molar-refractivity contribution is 6.35. The molecule has 1 aliphatic rings. The summed E-state index contributed by atoms with van der Waals surface area (Å²) in [5, 5.41) is 1.43. The third-order valence-corrected chi connectivity index (χ3v) is 3.32. The maximum atomic E-state index is 6.14. The van der Waals surface area contributed by atoms with Gasteiger partial charge in [-0.25, -0.2) is 0 Å². The minimum Gasteiger partial charge on any atom is -0.376 e. The predicted octanol–water partition coefficient (Wildman–Crippen LogP) is 3.21. The van der Waals surface area contributed by atoms with E-state index >= 15 is 0 Å². The van der Waals surface area contributed by atoms with Crippen LogP contribution in [0.3, 0.4) is 0 Å². The molecule has 0 saturated carbocycles. The Bertz CT molecular complexity index is 370. The monoisotopic (exact) mass is 259 g/mol. The number of hydrogen-bond acceptors (Lipinski definition) is 2. The van der Waals surface area contributed by atoms with Crippen LogP contribution in [0.5, 0.6) is 0 Å². The molecule has 0 radical (unpaired) electrons.